The van der Waals surface area contributed by atoms with E-state index in [2.05, 4.69) is 15.5 Å². The van der Waals surface area contributed by atoms with E-state index in [1.165, 1.54) is 45.3 Å². The van der Waals surface area contributed by atoms with Gasteiger partial charge in [0.2, 0.25) is 11.8 Å². The van der Waals surface area contributed by atoms with Gasteiger partial charge in [-0.2, -0.15) is 0 Å². The fourth-order valence-corrected chi connectivity index (χ4v) is 3.76. The second-order valence-corrected chi connectivity index (χ2v) is 8.43. The molecule has 1 heterocycles. The molecule has 0 spiro atoms. The third-order valence-corrected chi connectivity index (χ3v) is 5.63. The van der Waals surface area contributed by atoms with Crippen molar-refractivity contribution >= 4 is 23.9 Å². The first-order valence-corrected chi connectivity index (χ1v) is 12.2. The van der Waals surface area contributed by atoms with Gasteiger partial charge in [0.05, 0.1) is 0 Å². The number of nitrogens with one attached hydrogen (secondary N) is 2. The van der Waals surface area contributed by atoms with Crippen LogP contribution in [0.3, 0.4) is 0 Å². The van der Waals surface area contributed by atoms with Gasteiger partial charge in [-0.15, -0.1) is 0 Å². The average molecular weight is 416 g/mol. The predicted molar refractivity (Wildman–Crippen MR) is 118 cm³/mol. The molecule has 2 amide bonds. The van der Waals surface area contributed by atoms with Crippen LogP contribution in [0.1, 0.15) is 83.5 Å². The van der Waals surface area contributed by atoms with E-state index in [9.17, 15) is 9.59 Å². The van der Waals surface area contributed by atoms with Crippen molar-refractivity contribution in [2.24, 2.45) is 0 Å². The van der Waals surface area contributed by atoms with Gasteiger partial charge in [-0.3, -0.25) is 9.59 Å². The average Bonchev–Trinajstić information content (AvgIpc) is 2.70. The van der Waals surface area contributed by atoms with Crippen molar-refractivity contribution in [3.63, 3.8) is 0 Å². The minimum Gasteiger partial charge on any atom is -0.356 e. The molecule has 3 N–H and O–H groups in total. The fourth-order valence-electron chi connectivity index (χ4n) is 3.56. The van der Waals surface area contributed by atoms with Crippen molar-refractivity contribution < 1.29 is 14.1 Å². The molecule has 0 aromatic heterocycles. The van der Waals surface area contributed by atoms with Crippen LogP contribution in [0.15, 0.2) is 0 Å². The lowest BCUT2D eigenvalue weighted by molar-refractivity contribution is -0.122. The number of likely N-dealkylation sites (tertiary alicyclic amines) is 1. The summed E-state index contributed by atoms with van der Waals surface area (Å²) in [6.45, 7) is 5.02. The van der Waals surface area contributed by atoms with E-state index in [-0.39, 0.29) is 11.8 Å². The van der Waals surface area contributed by atoms with Gasteiger partial charge in [0.15, 0.2) is 0 Å². The summed E-state index contributed by atoms with van der Waals surface area (Å²) in [6.07, 6.45) is 13.8. The topological polar surface area (TPSA) is 81.7 Å². The maximum atomic E-state index is 11.8. The molecule has 0 saturated carbocycles. The number of hydrogen-bond donors (Lipinski definition) is 3. The molecule has 0 aromatic carbocycles. The van der Waals surface area contributed by atoms with E-state index < -0.39 is 0 Å². The van der Waals surface area contributed by atoms with Crippen LogP contribution in [0.5, 0.6) is 0 Å². The third kappa shape index (κ3) is 15.2. The first-order valence-electron chi connectivity index (χ1n) is 11.2. The summed E-state index contributed by atoms with van der Waals surface area (Å²) in [5, 5.41) is 5.80. The molecule has 6 nitrogen and oxygen atoms in total. The van der Waals surface area contributed by atoms with E-state index in [4.69, 9.17) is 4.55 Å². The molecule has 1 rings (SSSR count). The van der Waals surface area contributed by atoms with Crippen molar-refractivity contribution in [3.8, 4) is 0 Å². The molecule has 1 aliphatic heterocycles. The minimum absolute atomic E-state index is 0.0669. The van der Waals surface area contributed by atoms with Crippen LogP contribution in [0.2, 0.25) is 0 Å². The predicted octanol–water partition coefficient (Wildman–Crippen LogP) is 3.81. The van der Waals surface area contributed by atoms with E-state index in [0.717, 1.165) is 63.5 Å². The molecular weight excluding hydrogens is 374 g/mol. The highest BCUT2D eigenvalue weighted by Crippen LogP contribution is 2.10. The Morgan fingerprint density at radius 3 is 2.00 bits per heavy atom. The normalized spacial score (nSPS) is 14.8. The van der Waals surface area contributed by atoms with Crippen LogP contribution in [0.4, 0.5) is 0 Å². The van der Waals surface area contributed by atoms with Crippen molar-refractivity contribution in [3.05, 3.63) is 0 Å². The number of carbonyl (C=O) groups excluding carboxylic acids is 2. The van der Waals surface area contributed by atoms with Gasteiger partial charge in [0.1, 0.15) is 0 Å². The lowest BCUT2D eigenvalue weighted by Gasteiger charge is -2.26. The molecule has 1 saturated heterocycles. The van der Waals surface area contributed by atoms with E-state index >= 15 is 0 Å². The maximum Gasteiger partial charge on any atom is 0.220 e. The Morgan fingerprint density at radius 1 is 0.750 bits per heavy atom. The Morgan fingerprint density at radius 2 is 1.32 bits per heavy atom. The highest BCUT2D eigenvalue weighted by molar-refractivity contribution is 7.93. The van der Waals surface area contributed by atoms with Crippen LogP contribution < -0.4 is 10.6 Å². The SMILES string of the molecule is O=C(CCCCCN1CCCCC1)NCCCCCCCC(=O)NCCSO. The summed E-state index contributed by atoms with van der Waals surface area (Å²) in [7, 11) is 0. The number of unbranched alkanes of at least 4 members (excludes halogenated alkanes) is 6. The Kier molecular flexibility index (Phi) is 16.5. The second-order valence-electron chi connectivity index (χ2n) is 7.76. The van der Waals surface area contributed by atoms with Crippen LogP contribution in [-0.2, 0) is 9.59 Å². The lowest BCUT2D eigenvalue weighted by atomic mass is 10.1. The van der Waals surface area contributed by atoms with Gasteiger partial charge in [-0.05, 0) is 70.2 Å². The molecule has 0 bridgehead atoms. The number of amides is 2. The third-order valence-electron chi connectivity index (χ3n) is 5.25. The smallest absolute Gasteiger partial charge is 0.220 e. The molecule has 0 aromatic rings. The molecule has 7 heteroatoms. The summed E-state index contributed by atoms with van der Waals surface area (Å²) in [4.78, 5) is 25.9. The summed E-state index contributed by atoms with van der Waals surface area (Å²) >= 11 is 0.750. The first-order chi connectivity index (χ1) is 13.7. The lowest BCUT2D eigenvalue weighted by Crippen LogP contribution is -2.30. The van der Waals surface area contributed by atoms with Gasteiger partial charge in [0, 0.05) is 31.7 Å². The molecule has 0 unspecified atom stereocenters. The summed E-state index contributed by atoms with van der Waals surface area (Å²) in [5.74, 6) is 0.795. The zero-order valence-electron chi connectivity index (χ0n) is 17.6. The fraction of sp³-hybridized carbons (Fsp3) is 0.905. The van der Waals surface area contributed by atoms with Gasteiger partial charge in [0.25, 0.3) is 0 Å². The highest BCUT2D eigenvalue weighted by Gasteiger charge is 2.09. The number of rotatable bonds is 17. The Labute approximate surface area is 175 Å². The highest BCUT2D eigenvalue weighted by atomic mass is 32.2. The summed E-state index contributed by atoms with van der Waals surface area (Å²) in [6, 6.07) is 0. The van der Waals surface area contributed by atoms with Crippen molar-refractivity contribution in [1.82, 2.24) is 15.5 Å². The van der Waals surface area contributed by atoms with E-state index in [1.54, 1.807) is 0 Å². The molecule has 1 fully saturated rings. The number of piperidine rings is 1. The Balaban J connectivity index is 1.79. The molecule has 1 aliphatic rings. The summed E-state index contributed by atoms with van der Waals surface area (Å²) < 4.78 is 8.58. The van der Waals surface area contributed by atoms with Crippen molar-refractivity contribution in [1.29, 1.82) is 0 Å². The molecule has 28 heavy (non-hydrogen) atoms. The van der Waals surface area contributed by atoms with Crippen LogP contribution in [-0.4, -0.2) is 59.7 Å². The molecule has 0 atom stereocenters. The van der Waals surface area contributed by atoms with Gasteiger partial charge in [-0.25, -0.2) is 0 Å². The number of hydrogen-bond acceptors (Lipinski definition) is 5. The van der Waals surface area contributed by atoms with Crippen LogP contribution in [0, 0.1) is 0 Å². The van der Waals surface area contributed by atoms with E-state index in [0.29, 0.717) is 25.1 Å². The minimum atomic E-state index is 0.0669. The zero-order valence-corrected chi connectivity index (χ0v) is 18.4. The van der Waals surface area contributed by atoms with Crippen LogP contribution >= 0.6 is 12.0 Å². The van der Waals surface area contributed by atoms with Crippen molar-refractivity contribution in [2.45, 2.75) is 83.5 Å². The van der Waals surface area contributed by atoms with Gasteiger partial charge >= 0.3 is 0 Å². The second kappa shape index (κ2) is 18.3. The Hall–Kier alpha value is -0.790. The largest absolute Gasteiger partial charge is 0.356 e. The first kappa shape index (κ1) is 25.2. The molecule has 0 aliphatic carbocycles. The zero-order chi connectivity index (χ0) is 20.3. The Bertz CT molecular complexity index is 404. The van der Waals surface area contributed by atoms with Gasteiger partial charge in [-0.1, -0.05) is 32.1 Å². The molecular formula is C21H41N3O3S. The maximum absolute atomic E-state index is 11.8. The number of carbonyl (C=O) groups is 2. The summed E-state index contributed by atoms with van der Waals surface area (Å²) in [5.41, 5.74) is 0. The van der Waals surface area contributed by atoms with Crippen molar-refractivity contribution in [2.75, 3.05) is 38.5 Å². The standard InChI is InChI=1S/C21H41N3O3S/c25-20(13-7-4-9-16-24-17-10-5-11-18-24)22-14-8-3-1-2-6-12-21(26)23-15-19-28-27/h27H,1-19H2,(H,22,25)(H,23,26). The van der Waals surface area contributed by atoms with Crippen LogP contribution in [0.25, 0.3) is 0 Å². The monoisotopic (exact) mass is 415 g/mol. The molecule has 164 valence electrons. The quantitative estimate of drug-likeness (QED) is 0.249. The van der Waals surface area contributed by atoms with E-state index in [1.807, 2.05) is 0 Å². The van der Waals surface area contributed by atoms with Gasteiger partial charge < -0.3 is 20.1 Å². The molecule has 0 radical (unpaired) electrons. The number of nitrogens with zero attached hydrogens (tertiary/aromatic N) is 1.